The fraction of sp³-hybridized carbons (Fsp3) is 0.133. The summed E-state index contributed by atoms with van der Waals surface area (Å²) < 4.78 is 10.6. The summed E-state index contributed by atoms with van der Waals surface area (Å²) in [6.07, 6.45) is 0. The molecule has 1 N–H and O–H groups in total. The quantitative estimate of drug-likeness (QED) is 0.897. The lowest BCUT2D eigenvalue weighted by Gasteiger charge is -2.08. The molecule has 0 atom stereocenters. The summed E-state index contributed by atoms with van der Waals surface area (Å²) in [5, 5.41) is 8.96. The third-order valence-corrected chi connectivity index (χ3v) is 3.16. The highest BCUT2D eigenvalue weighted by Gasteiger charge is 2.15. The third-order valence-electron chi connectivity index (χ3n) is 3.16. The summed E-state index contributed by atoms with van der Waals surface area (Å²) in [6, 6.07) is 10.8. The van der Waals surface area contributed by atoms with Crippen LogP contribution in [0.5, 0.6) is 11.5 Å². The number of fused-ring (bicyclic) bond motifs is 1. The van der Waals surface area contributed by atoms with Crippen LogP contribution < -0.4 is 9.47 Å². The zero-order valence-electron chi connectivity index (χ0n) is 10.3. The van der Waals surface area contributed by atoms with Crippen molar-refractivity contribution >= 4 is 5.97 Å². The number of aromatic carboxylic acids is 1. The van der Waals surface area contributed by atoms with Gasteiger partial charge in [-0.3, -0.25) is 0 Å². The SMILES string of the molecule is Cc1cc(C(=O)O)ccc1-c1ccc2c(c1)OCO2. The van der Waals surface area contributed by atoms with Crippen LogP contribution in [0.1, 0.15) is 15.9 Å². The standard InChI is InChI=1S/C15H12O4/c1-9-6-11(15(16)17)2-4-12(9)10-3-5-13-14(7-10)19-8-18-13/h2-7H,8H2,1H3,(H,16,17). The van der Waals surface area contributed by atoms with Crippen molar-refractivity contribution in [1.82, 2.24) is 0 Å². The first-order chi connectivity index (χ1) is 9.15. The van der Waals surface area contributed by atoms with Crippen LogP contribution in [-0.2, 0) is 0 Å². The molecule has 0 amide bonds. The van der Waals surface area contributed by atoms with Gasteiger partial charge in [-0.15, -0.1) is 0 Å². The van der Waals surface area contributed by atoms with Gasteiger partial charge in [-0.2, -0.15) is 0 Å². The summed E-state index contributed by atoms with van der Waals surface area (Å²) in [6.45, 7) is 2.14. The van der Waals surface area contributed by atoms with Gasteiger partial charge in [0.1, 0.15) is 0 Å². The van der Waals surface area contributed by atoms with E-state index in [2.05, 4.69) is 0 Å². The van der Waals surface area contributed by atoms with Gasteiger partial charge in [-0.25, -0.2) is 4.79 Å². The Kier molecular flexibility index (Phi) is 2.63. The second kappa shape index (κ2) is 4.31. The Morgan fingerprint density at radius 1 is 1.11 bits per heavy atom. The van der Waals surface area contributed by atoms with Crippen LogP contribution in [0.25, 0.3) is 11.1 Å². The smallest absolute Gasteiger partial charge is 0.335 e. The molecule has 2 aromatic rings. The highest BCUT2D eigenvalue weighted by atomic mass is 16.7. The van der Waals surface area contributed by atoms with E-state index in [1.165, 1.54) is 0 Å². The number of hydrogen-bond donors (Lipinski definition) is 1. The molecule has 96 valence electrons. The molecule has 2 aromatic carbocycles. The molecular weight excluding hydrogens is 244 g/mol. The fourth-order valence-corrected chi connectivity index (χ4v) is 2.18. The molecule has 3 rings (SSSR count). The third kappa shape index (κ3) is 2.01. The molecule has 4 nitrogen and oxygen atoms in total. The first-order valence-corrected chi connectivity index (χ1v) is 5.89. The second-order valence-corrected chi connectivity index (χ2v) is 4.40. The topological polar surface area (TPSA) is 55.8 Å². The predicted octanol–water partition coefficient (Wildman–Crippen LogP) is 3.09. The van der Waals surface area contributed by atoms with Gasteiger partial charge in [0, 0.05) is 0 Å². The van der Waals surface area contributed by atoms with E-state index in [1.807, 2.05) is 31.2 Å². The lowest BCUT2D eigenvalue weighted by molar-refractivity contribution is 0.0697. The van der Waals surface area contributed by atoms with Crippen LogP contribution in [0.15, 0.2) is 36.4 Å². The number of rotatable bonds is 2. The summed E-state index contributed by atoms with van der Waals surface area (Å²) in [5.74, 6) is 0.545. The van der Waals surface area contributed by atoms with Crippen molar-refractivity contribution in [3.05, 3.63) is 47.5 Å². The predicted molar refractivity (Wildman–Crippen MR) is 69.7 cm³/mol. The van der Waals surface area contributed by atoms with E-state index in [9.17, 15) is 4.79 Å². The first-order valence-electron chi connectivity index (χ1n) is 5.89. The number of carboxylic acid groups (broad SMARTS) is 1. The minimum atomic E-state index is -0.916. The maximum Gasteiger partial charge on any atom is 0.335 e. The zero-order chi connectivity index (χ0) is 13.4. The number of carbonyl (C=O) groups is 1. The van der Waals surface area contributed by atoms with Gasteiger partial charge in [0.05, 0.1) is 5.56 Å². The van der Waals surface area contributed by atoms with E-state index in [4.69, 9.17) is 14.6 Å². The molecule has 0 aliphatic carbocycles. The number of aryl methyl sites for hydroxylation is 1. The van der Waals surface area contributed by atoms with Gasteiger partial charge < -0.3 is 14.6 Å². The number of ether oxygens (including phenoxy) is 2. The number of hydrogen-bond acceptors (Lipinski definition) is 3. The minimum Gasteiger partial charge on any atom is -0.478 e. The van der Waals surface area contributed by atoms with Gasteiger partial charge in [0.15, 0.2) is 11.5 Å². The first kappa shape index (κ1) is 11.6. The molecule has 1 aliphatic heterocycles. The molecule has 0 saturated carbocycles. The van der Waals surface area contributed by atoms with E-state index in [0.29, 0.717) is 5.56 Å². The molecule has 0 bridgehead atoms. The van der Waals surface area contributed by atoms with E-state index >= 15 is 0 Å². The van der Waals surface area contributed by atoms with Crippen LogP contribution >= 0.6 is 0 Å². The Morgan fingerprint density at radius 2 is 1.89 bits per heavy atom. The summed E-state index contributed by atoms with van der Waals surface area (Å²) in [7, 11) is 0. The highest BCUT2D eigenvalue weighted by molar-refractivity contribution is 5.89. The molecule has 1 aliphatic rings. The second-order valence-electron chi connectivity index (χ2n) is 4.40. The molecule has 0 fully saturated rings. The molecule has 0 spiro atoms. The number of carboxylic acids is 1. The van der Waals surface area contributed by atoms with Gasteiger partial charge in [0.25, 0.3) is 0 Å². The van der Waals surface area contributed by atoms with Crippen molar-refractivity contribution in [2.24, 2.45) is 0 Å². The van der Waals surface area contributed by atoms with Gasteiger partial charge >= 0.3 is 5.97 Å². The van der Waals surface area contributed by atoms with Crippen LogP contribution in [0.3, 0.4) is 0 Å². The maximum atomic E-state index is 10.9. The van der Waals surface area contributed by atoms with Crippen molar-refractivity contribution < 1.29 is 19.4 Å². The van der Waals surface area contributed by atoms with Gasteiger partial charge in [-0.05, 0) is 47.9 Å². The molecule has 0 aromatic heterocycles. The monoisotopic (exact) mass is 256 g/mol. The van der Waals surface area contributed by atoms with Crippen molar-refractivity contribution in [3.8, 4) is 22.6 Å². The molecular formula is C15H12O4. The van der Waals surface area contributed by atoms with E-state index in [-0.39, 0.29) is 6.79 Å². The van der Waals surface area contributed by atoms with Crippen LogP contribution in [0.2, 0.25) is 0 Å². The highest BCUT2D eigenvalue weighted by Crippen LogP contribution is 2.36. The van der Waals surface area contributed by atoms with Crippen LogP contribution in [0.4, 0.5) is 0 Å². The Bertz CT molecular complexity index is 661. The normalized spacial score (nSPS) is 12.5. The fourth-order valence-electron chi connectivity index (χ4n) is 2.18. The Labute approximate surface area is 110 Å². The number of benzene rings is 2. The Hall–Kier alpha value is -2.49. The zero-order valence-corrected chi connectivity index (χ0v) is 10.3. The molecule has 0 radical (unpaired) electrons. The average Bonchev–Trinajstić information content (AvgIpc) is 2.85. The van der Waals surface area contributed by atoms with Crippen molar-refractivity contribution in [2.75, 3.05) is 6.79 Å². The van der Waals surface area contributed by atoms with Gasteiger partial charge in [-0.1, -0.05) is 12.1 Å². The largest absolute Gasteiger partial charge is 0.478 e. The minimum absolute atomic E-state index is 0.246. The molecule has 19 heavy (non-hydrogen) atoms. The van der Waals surface area contributed by atoms with Crippen molar-refractivity contribution in [3.63, 3.8) is 0 Å². The summed E-state index contributed by atoms with van der Waals surface area (Å²) in [4.78, 5) is 10.9. The molecule has 1 heterocycles. The van der Waals surface area contributed by atoms with Crippen LogP contribution in [0, 0.1) is 6.92 Å². The molecule has 0 unspecified atom stereocenters. The summed E-state index contributed by atoms with van der Waals surface area (Å²) >= 11 is 0. The maximum absolute atomic E-state index is 10.9. The van der Waals surface area contributed by atoms with Crippen LogP contribution in [-0.4, -0.2) is 17.9 Å². The lowest BCUT2D eigenvalue weighted by Crippen LogP contribution is -1.97. The van der Waals surface area contributed by atoms with E-state index in [1.54, 1.807) is 12.1 Å². The van der Waals surface area contributed by atoms with E-state index in [0.717, 1.165) is 28.2 Å². The molecule has 4 heteroatoms. The Morgan fingerprint density at radius 3 is 2.63 bits per heavy atom. The van der Waals surface area contributed by atoms with Gasteiger partial charge in [0.2, 0.25) is 6.79 Å². The van der Waals surface area contributed by atoms with Crippen molar-refractivity contribution in [1.29, 1.82) is 0 Å². The van der Waals surface area contributed by atoms with Crippen molar-refractivity contribution in [2.45, 2.75) is 6.92 Å². The Balaban J connectivity index is 2.05. The summed E-state index contributed by atoms with van der Waals surface area (Å²) in [5.41, 5.74) is 3.18. The molecule has 0 saturated heterocycles. The van der Waals surface area contributed by atoms with E-state index < -0.39 is 5.97 Å². The average molecular weight is 256 g/mol. The lowest BCUT2D eigenvalue weighted by atomic mass is 9.98.